The van der Waals surface area contributed by atoms with E-state index in [1.54, 1.807) is 22.8 Å². The number of rotatable bonds is 7. The van der Waals surface area contributed by atoms with E-state index in [1.807, 2.05) is 19.9 Å². The summed E-state index contributed by atoms with van der Waals surface area (Å²) < 4.78 is 1.62. The Morgan fingerprint density at radius 2 is 2.08 bits per heavy atom. The van der Waals surface area contributed by atoms with Crippen molar-refractivity contribution in [1.29, 1.82) is 0 Å². The first-order chi connectivity index (χ1) is 11.4. The van der Waals surface area contributed by atoms with Crippen LogP contribution in [0.2, 0.25) is 0 Å². The van der Waals surface area contributed by atoms with Crippen LogP contribution in [0.25, 0.3) is 10.9 Å². The summed E-state index contributed by atoms with van der Waals surface area (Å²) in [5.41, 5.74) is 5.48. The molecule has 1 aromatic carbocycles. The average molecular weight is 348 g/mol. The highest BCUT2D eigenvalue weighted by atomic mass is 32.2. The predicted octanol–water partition coefficient (Wildman–Crippen LogP) is 1.06. The Bertz CT molecular complexity index is 819. The summed E-state index contributed by atoms with van der Waals surface area (Å²) in [5.74, 6) is -0.889. The Labute approximate surface area is 143 Å². The Morgan fingerprint density at radius 1 is 1.38 bits per heavy atom. The van der Waals surface area contributed by atoms with E-state index in [0.717, 1.165) is 6.42 Å². The number of carbonyl (C=O) groups is 2. The van der Waals surface area contributed by atoms with Crippen molar-refractivity contribution >= 4 is 34.5 Å². The van der Waals surface area contributed by atoms with Crippen LogP contribution in [0, 0.1) is 0 Å². The molecule has 3 N–H and O–H groups in total. The minimum absolute atomic E-state index is 0.0363. The molecule has 0 saturated heterocycles. The molecule has 0 aliphatic heterocycles. The molecule has 1 heterocycles. The molecular formula is C16H20N4O3S. The van der Waals surface area contributed by atoms with Crippen molar-refractivity contribution in [2.75, 3.05) is 12.3 Å². The number of nitrogens with zero attached hydrogens (tertiary/aromatic N) is 2. The summed E-state index contributed by atoms with van der Waals surface area (Å²) in [6.07, 6.45) is 0.765. The zero-order chi connectivity index (χ0) is 17.7. The maximum atomic E-state index is 12.8. The number of carbonyl (C=O) groups excluding carboxylic acids is 2. The van der Waals surface area contributed by atoms with E-state index in [2.05, 4.69) is 10.3 Å². The quantitative estimate of drug-likeness (QED) is 0.575. The maximum absolute atomic E-state index is 12.8. The smallest absolute Gasteiger partial charge is 0.262 e. The Kier molecular flexibility index (Phi) is 5.97. The number of benzene rings is 1. The highest BCUT2D eigenvalue weighted by Crippen LogP contribution is 2.22. The van der Waals surface area contributed by atoms with Crippen LogP contribution >= 0.6 is 11.8 Å². The van der Waals surface area contributed by atoms with Gasteiger partial charge in [-0.25, -0.2) is 4.98 Å². The molecule has 0 bridgehead atoms. The van der Waals surface area contributed by atoms with Crippen LogP contribution in [0.5, 0.6) is 0 Å². The second-order valence-corrected chi connectivity index (χ2v) is 6.32. The Morgan fingerprint density at radius 3 is 2.75 bits per heavy atom. The fourth-order valence-electron chi connectivity index (χ4n) is 2.17. The van der Waals surface area contributed by atoms with E-state index in [9.17, 15) is 14.4 Å². The number of nitrogens with two attached hydrogens (primary N) is 1. The molecule has 0 fully saturated rings. The number of hydrogen-bond donors (Lipinski definition) is 2. The molecule has 0 aliphatic carbocycles. The van der Waals surface area contributed by atoms with Crippen LogP contribution < -0.4 is 16.6 Å². The molecule has 0 radical (unpaired) electrons. The summed E-state index contributed by atoms with van der Waals surface area (Å²) in [4.78, 5) is 39.7. The van der Waals surface area contributed by atoms with E-state index >= 15 is 0 Å². The van der Waals surface area contributed by atoms with Gasteiger partial charge in [0.05, 0.1) is 23.2 Å². The number of thioether (sulfide) groups is 1. The third kappa shape index (κ3) is 4.14. The normalized spacial score (nSPS) is 12.1. The van der Waals surface area contributed by atoms with Crippen LogP contribution in [0.4, 0.5) is 0 Å². The van der Waals surface area contributed by atoms with Gasteiger partial charge in [-0.15, -0.1) is 0 Å². The number of para-hydroxylation sites is 1. The summed E-state index contributed by atoms with van der Waals surface area (Å²) >= 11 is 1.17. The van der Waals surface area contributed by atoms with Crippen molar-refractivity contribution in [3.63, 3.8) is 0 Å². The number of hydrogen-bond acceptors (Lipinski definition) is 5. The van der Waals surface area contributed by atoms with E-state index in [1.165, 1.54) is 11.8 Å². The molecule has 2 amide bonds. The summed E-state index contributed by atoms with van der Waals surface area (Å²) in [6, 6.07) is 7.10. The third-order valence-corrected chi connectivity index (χ3v) is 4.55. The summed E-state index contributed by atoms with van der Waals surface area (Å²) in [5, 5.41) is 3.46. The van der Waals surface area contributed by atoms with Gasteiger partial charge in [0, 0.05) is 6.04 Å². The lowest BCUT2D eigenvalue weighted by atomic mass is 10.2. The van der Waals surface area contributed by atoms with Crippen molar-refractivity contribution in [2.45, 2.75) is 31.5 Å². The fourth-order valence-corrected chi connectivity index (χ4v) is 3.09. The van der Waals surface area contributed by atoms with Crippen LogP contribution in [-0.4, -0.2) is 33.7 Å². The molecule has 7 nitrogen and oxygen atoms in total. The fraction of sp³-hybridized carbons (Fsp3) is 0.375. The van der Waals surface area contributed by atoms with Gasteiger partial charge in [0.25, 0.3) is 5.56 Å². The number of primary amides is 1. The van der Waals surface area contributed by atoms with Crippen LogP contribution in [-0.2, 0) is 9.59 Å². The number of amides is 2. The molecule has 1 atom stereocenters. The van der Waals surface area contributed by atoms with Gasteiger partial charge in [-0.05, 0) is 25.5 Å². The van der Waals surface area contributed by atoms with Gasteiger partial charge in [0.1, 0.15) is 0 Å². The van der Waals surface area contributed by atoms with Gasteiger partial charge >= 0.3 is 0 Å². The van der Waals surface area contributed by atoms with Crippen LogP contribution in [0.1, 0.15) is 26.3 Å². The van der Waals surface area contributed by atoms with Crippen molar-refractivity contribution in [3.05, 3.63) is 34.6 Å². The van der Waals surface area contributed by atoms with E-state index < -0.39 is 5.91 Å². The van der Waals surface area contributed by atoms with E-state index in [-0.39, 0.29) is 29.8 Å². The van der Waals surface area contributed by atoms with Gasteiger partial charge in [0.2, 0.25) is 11.8 Å². The van der Waals surface area contributed by atoms with Crippen LogP contribution in [0.15, 0.2) is 34.2 Å². The molecule has 0 saturated carbocycles. The van der Waals surface area contributed by atoms with Gasteiger partial charge in [0.15, 0.2) is 5.16 Å². The predicted molar refractivity (Wildman–Crippen MR) is 93.9 cm³/mol. The van der Waals surface area contributed by atoms with E-state index in [4.69, 9.17) is 5.73 Å². The van der Waals surface area contributed by atoms with Gasteiger partial charge < -0.3 is 11.1 Å². The molecule has 0 aliphatic rings. The molecule has 0 unspecified atom stereocenters. The molecule has 2 rings (SSSR count). The standard InChI is InChI=1S/C16H20N4O3S/c1-3-10(2)20-15(23)11-6-4-5-7-12(11)19-16(20)24-9-14(22)18-8-13(17)21/h4-7,10H,3,8-9H2,1-2H3,(H2,17,21)(H,18,22)/t10-/m0/s1. The highest BCUT2D eigenvalue weighted by Gasteiger charge is 2.16. The number of aromatic nitrogens is 2. The van der Waals surface area contributed by atoms with Crippen molar-refractivity contribution in [2.24, 2.45) is 5.73 Å². The lowest BCUT2D eigenvalue weighted by molar-refractivity contribution is -0.123. The SMILES string of the molecule is CC[C@H](C)n1c(SCC(=O)NCC(N)=O)nc2ccccc2c1=O. The van der Waals surface area contributed by atoms with E-state index in [0.29, 0.717) is 16.1 Å². The lowest BCUT2D eigenvalue weighted by Gasteiger charge is -2.18. The van der Waals surface area contributed by atoms with Gasteiger partial charge in [-0.1, -0.05) is 30.8 Å². The van der Waals surface area contributed by atoms with Crippen LogP contribution in [0.3, 0.4) is 0 Å². The molecule has 2 aromatic rings. The molecular weight excluding hydrogens is 328 g/mol. The molecule has 128 valence electrons. The first-order valence-electron chi connectivity index (χ1n) is 7.63. The maximum Gasteiger partial charge on any atom is 0.262 e. The number of fused-ring (bicyclic) bond motifs is 1. The molecule has 1 aromatic heterocycles. The molecule has 0 spiro atoms. The van der Waals surface area contributed by atoms with Gasteiger partial charge in [-0.3, -0.25) is 19.0 Å². The lowest BCUT2D eigenvalue weighted by Crippen LogP contribution is -2.34. The average Bonchev–Trinajstić information content (AvgIpc) is 2.57. The van der Waals surface area contributed by atoms with Crippen molar-refractivity contribution in [1.82, 2.24) is 14.9 Å². The Hall–Kier alpha value is -2.35. The Balaban J connectivity index is 2.32. The second kappa shape index (κ2) is 7.96. The molecule has 8 heteroatoms. The zero-order valence-corrected chi connectivity index (χ0v) is 14.4. The zero-order valence-electron chi connectivity index (χ0n) is 13.6. The first-order valence-corrected chi connectivity index (χ1v) is 8.61. The summed E-state index contributed by atoms with van der Waals surface area (Å²) in [7, 11) is 0. The minimum Gasteiger partial charge on any atom is -0.368 e. The second-order valence-electron chi connectivity index (χ2n) is 5.38. The van der Waals surface area contributed by atoms with Crippen molar-refractivity contribution < 1.29 is 9.59 Å². The monoisotopic (exact) mass is 348 g/mol. The largest absolute Gasteiger partial charge is 0.368 e. The molecule has 24 heavy (non-hydrogen) atoms. The minimum atomic E-state index is -0.603. The van der Waals surface area contributed by atoms with Gasteiger partial charge in [-0.2, -0.15) is 0 Å². The third-order valence-electron chi connectivity index (χ3n) is 3.60. The van der Waals surface area contributed by atoms with Crippen molar-refractivity contribution in [3.8, 4) is 0 Å². The number of nitrogens with one attached hydrogen (secondary N) is 1. The topological polar surface area (TPSA) is 107 Å². The summed E-state index contributed by atoms with van der Waals surface area (Å²) in [6.45, 7) is 3.72. The first kappa shape index (κ1) is 18.0. The highest BCUT2D eigenvalue weighted by molar-refractivity contribution is 7.99.